The third-order valence-corrected chi connectivity index (χ3v) is 5.12. The molecule has 24 heavy (non-hydrogen) atoms. The lowest BCUT2D eigenvalue weighted by atomic mass is 9.91. The lowest BCUT2D eigenvalue weighted by Gasteiger charge is -2.29. The van der Waals surface area contributed by atoms with Crippen molar-refractivity contribution in [2.45, 2.75) is 44.9 Å². The SMILES string of the molecule is O=C(NCC1CCCCCCC1)c1cccnc1N1CCOCC1. The second-order valence-corrected chi connectivity index (χ2v) is 6.90. The van der Waals surface area contributed by atoms with Gasteiger partial charge in [-0.25, -0.2) is 4.98 Å². The Balaban J connectivity index is 1.60. The van der Waals surface area contributed by atoms with Gasteiger partial charge in [0.25, 0.3) is 5.91 Å². The average Bonchev–Trinajstić information content (AvgIpc) is 2.61. The standard InChI is InChI=1S/C19H29N3O2/c23-19(21-15-16-7-4-2-1-3-5-8-16)17-9-6-10-20-18(17)22-11-13-24-14-12-22/h6,9-10,16H,1-5,7-8,11-15H2,(H,21,23). The van der Waals surface area contributed by atoms with Gasteiger partial charge in [0.2, 0.25) is 0 Å². The number of aromatic nitrogens is 1. The minimum Gasteiger partial charge on any atom is -0.378 e. The van der Waals surface area contributed by atoms with E-state index in [-0.39, 0.29) is 5.91 Å². The van der Waals surface area contributed by atoms with Crippen molar-refractivity contribution < 1.29 is 9.53 Å². The summed E-state index contributed by atoms with van der Waals surface area (Å²) in [5, 5.41) is 3.16. The Kier molecular flexibility index (Phi) is 6.47. The zero-order valence-corrected chi connectivity index (χ0v) is 14.5. The van der Waals surface area contributed by atoms with Crippen LogP contribution < -0.4 is 10.2 Å². The van der Waals surface area contributed by atoms with E-state index in [0.29, 0.717) is 24.7 Å². The fourth-order valence-electron chi connectivity index (χ4n) is 3.68. The Bertz CT molecular complexity index is 521. The first-order chi connectivity index (χ1) is 11.8. The number of rotatable bonds is 4. The third-order valence-electron chi connectivity index (χ3n) is 5.12. The van der Waals surface area contributed by atoms with E-state index in [1.54, 1.807) is 6.20 Å². The van der Waals surface area contributed by atoms with Crippen LogP contribution in [0.1, 0.15) is 55.3 Å². The number of carbonyl (C=O) groups is 1. The summed E-state index contributed by atoms with van der Waals surface area (Å²) in [6.07, 6.45) is 10.9. The maximum absolute atomic E-state index is 12.7. The molecule has 1 aromatic heterocycles. The maximum Gasteiger partial charge on any atom is 0.255 e. The highest BCUT2D eigenvalue weighted by Crippen LogP contribution is 2.22. The van der Waals surface area contributed by atoms with E-state index in [2.05, 4.69) is 15.2 Å². The van der Waals surface area contributed by atoms with E-state index in [4.69, 9.17) is 4.74 Å². The van der Waals surface area contributed by atoms with Crippen LogP contribution in [0.5, 0.6) is 0 Å². The number of hydrogen-bond acceptors (Lipinski definition) is 4. The summed E-state index contributed by atoms with van der Waals surface area (Å²) in [5.41, 5.74) is 0.685. The van der Waals surface area contributed by atoms with E-state index in [1.165, 1.54) is 44.9 Å². The molecule has 0 aromatic carbocycles. The van der Waals surface area contributed by atoms with E-state index in [9.17, 15) is 4.79 Å². The fraction of sp³-hybridized carbons (Fsp3) is 0.684. The number of morpholine rings is 1. The zero-order chi connectivity index (χ0) is 16.6. The Labute approximate surface area is 144 Å². The summed E-state index contributed by atoms with van der Waals surface area (Å²) >= 11 is 0. The van der Waals surface area contributed by atoms with Crippen LogP contribution in [0.4, 0.5) is 5.82 Å². The number of anilines is 1. The molecule has 3 rings (SSSR count). The van der Waals surface area contributed by atoms with Gasteiger partial charge in [-0.15, -0.1) is 0 Å². The van der Waals surface area contributed by atoms with Gasteiger partial charge in [-0.3, -0.25) is 4.79 Å². The molecule has 5 heteroatoms. The molecule has 1 aliphatic carbocycles. The summed E-state index contributed by atoms with van der Waals surface area (Å²) in [6, 6.07) is 3.72. The summed E-state index contributed by atoms with van der Waals surface area (Å²) in [6.45, 7) is 3.76. The molecule has 1 saturated carbocycles. The lowest BCUT2D eigenvalue weighted by Crippen LogP contribution is -2.39. The van der Waals surface area contributed by atoms with E-state index in [0.717, 1.165) is 25.5 Å². The third kappa shape index (κ3) is 4.69. The molecule has 5 nitrogen and oxygen atoms in total. The van der Waals surface area contributed by atoms with Gasteiger partial charge < -0.3 is 15.0 Å². The number of nitrogens with zero attached hydrogens (tertiary/aromatic N) is 2. The predicted octanol–water partition coefficient (Wildman–Crippen LogP) is 3.01. The molecule has 0 unspecified atom stereocenters. The van der Waals surface area contributed by atoms with Gasteiger partial charge in [0, 0.05) is 25.8 Å². The Morgan fingerprint density at radius 1 is 1.17 bits per heavy atom. The van der Waals surface area contributed by atoms with Crippen molar-refractivity contribution in [1.82, 2.24) is 10.3 Å². The van der Waals surface area contributed by atoms with Crippen molar-refractivity contribution in [3.05, 3.63) is 23.9 Å². The van der Waals surface area contributed by atoms with Crippen LogP contribution in [0.25, 0.3) is 0 Å². The Morgan fingerprint density at radius 3 is 2.62 bits per heavy atom. The highest BCUT2D eigenvalue weighted by atomic mass is 16.5. The molecule has 132 valence electrons. The Morgan fingerprint density at radius 2 is 1.88 bits per heavy atom. The maximum atomic E-state index is 12.7. The second kappa shape index (κ2) is 9.02. The summed E-state index contributed by atoms with van der Waals surface area (Å²) in [5.74, 6) is 1.42. The quantitative estimate of drug-likeness (QED) is 0.921. The van der Waals surface area contributed by atoms with Gasteiger partial charge in [0.05, 0.1) is 18.8 Å². The molecule has 0 atom stereocenters. The molecular weight excluding hydrogens is 302 g/mol. The first-order valence-corrected chi connectivity index (χ1v) is 9.40. The summed E-state index contributed by atoms with van der Waals surface area (Å²) in [4.78, 5) is 19.3. The number of pyridine rings is 1. The first-order valence-electron chi connectivity index (χ1n) is 9.40. The van der Waals surface area contributed by atoms with Crippen molar-refractivity contribution in [3.63, 3.8) is 0 Å². The highest BCUT2D eigenvalue weighted by molar-refractivity contribution is 5.98. The van der Waals surface area contributed by atoms with E-state index in [1.807, 2.05) is 12.1 Å². The number of amides is 1. The molecule has 2 heterocycles. The normalized spacial score (nSPS) is 20.2. The topological polar surface area (TPSA) is 54.5 Å². The highest BCUT2D eigenvalue weighted by Gasteiger charge is 2.20. The van der Waals surface area contributed by atoms with Crippen LogP contribution >= 0.6 is 0 Å². The van der Waals surface area contributed by atoms with Gasteiger partial charge in [0.1, 0.15) is 5.82 Å². The lowest BCUT2D eigenvalue weighted by molar-refractivity contribution is 0.0942. The molecule has 0 radical (unpaired) electrons. The van der Waals surface area contributed by atoms with Gasteiger partial charge in [-0.2, -0.15) is 0 Å². The minimum absolute atomic E-state index is 0.00616. The average molecular weight is 331 g/mol. The van der Waals surface area contributed by atoms with Crippen LogP contribution in [-0.2, 0) is 4.74 Å². The molecule has 2 fully saturated rings. The Hall–Kier alpha value is -1.62. The monoisotopic (exact) mass is 331 g/mol. The minimum atomic E-state index is 0.00616. The molecule has 1 saturated heterocycles. The second-order valence-electron chi connectivity index (χ2n) is 6.90. The smallest absolute Gasteiger partial charge is 0.255 e. The predicted molar refractivity (Wildman–Crippen MR) is 95.4 cm³/mol. The van der Waals surface area contributed by atoms with Crippen molar-refractivity contribution in [3.8, 4) is 0 Å². The molecule has 1 aromatic rings. The van der Waals surface area contributed by atoms with E-state index >= 15 is 0 Å². The number of nitrogens with one attached hydrogen (secondary N) is 1. The number of ether oxygens (including phenoxy) is 1. The van der Waals surface area contributed by atoms with Crippen molar-refractivity contribution >= 4 is 11.7 Å². The zero-order valence-electron chi connectivity index (χ0n) is 14.5. The van der Waals surface area contributed by atoms with Gasteiger partial charge >= 0.3 is 0 Å². The molecule has 0 spiro atoms. The van der Waals surface area contributed by atoms with Crippen molar-refractivity contribution in [2.75, 3.05) is 37.7 Å². The van der Waals surface area contributed by atoms with Crippen LogP contribution in [0.3, 0.4) is 0 Å². The first kappa shape index (κ1) is 17.2. The summed E-state index contributed by atoms with van der Waals surface area (Å²) in [7, 11) is 0. The molecule has 0 bridgehead atoms. The molecule has 1 amide bonds. The largest absolute Gasteiger partial charge is 0.378 e. The molecule has 2 aliphatic rings. The molecular formula is C19H29N3O2. The number of carbonyl (C=O) groups excluding carboxylic acids is 1. The van der Waals surface area contributed by atoms with Crippen LogP contribution in [0, 0.1) is 5.92 Å². The number of hydrogen-bond donors (Lipinski definition) is 1. The fourth-order valence-corrected chi connectivity index (χ4v) is 3.68. The molecule has 1 N–H and O–H groups in total. The van der Waals surface area contributed by atoms with Gasteiger partial charge in [-0.1, -0.05) is 32.1 Å². The van der Waals surface area contributed by atoms with E-state index < -0.39 is 0 Å². The van der Waals surface area contributed by atoms with Crippen molar-refractivity contribution in [1.29, 1.82) is 0 Å². The van der Waals surface area contributed by atoms with Crippen LogP contribution in [0.15, 0.2) is 18.3 Å². The van der Waals surface area contributed by atoms with Gasteiger partial charge in [0.15, 0.2) is 0 Å². The van der Waals surface area contributed by atoms with Crippen LogP contribution in [-0.4, -0.2) is 43.7 Å². The van der Waals surface area contributed by atoms with Gasteiger partial charge in [-0.05, 0) is 30.9 Å². The van der Waals surface area contributed by atoms with Crippen LogP contribution in [0.2, 0.25) is 0 Å². The molecule has 1 aliphatic heterocycles. The van der Waals surface area contributed by atoms with Crippen molar-refractivity contribution in [2.24, 2.45) is 5.92 Å². The summed E-state index contributed by atoms with van der Waals surface area (Å²) < 4.78 is 5.40.